The number of nitrogens with one attached hydrogen (secondary N) is 1. The molecule has 1 atom stereocenters. The Morgan fingerprint density at radius 1 is 1.09 bits per heavy atom. The summed E-state index contributed by atoms with van der Waals surface area (Å²) in [6.45, 7) is 5.42. The molecule has 2 amide bonds. The lowest BCUT2D eigenvalue weighted by Crippen LogP contribution is -2.52. The molecule has 8 nitrogen and oxygen atoms in total. The van der Waals surface area contributed by atoms with Crippen molar-refractivity contribution in [3.8, 4) is 0 Å². The molecular weight excluding hydrogens is 471 g/mol. The zero-order valence-electron chi connectivity index (χ0n) is 21.0. The molecule has 0 aliphatic carbocycles. The number of hydrogen-bond acceptors (Lipinski definition) is 4. The number of carbonyl (C=O) groups is 2. The fraction of sp³-hybridized carbons (Fsp3) is 0.440. The van der Waals surface area contributed by atoms with Crippen LogP contribution < -0.4 is 9.62 Å². The van der Waals surface area contributed by atoms with E-state index in [2.05, 4.69) is 5.32 Å². The molecule has 0 radical (unpaired) electrons. The summed E-state index contributed by atoms with van der Waals surface area (Å²) in [4.78, 5) is 27.7. The van der Waals surface area contributed by atoms with Crippen molar-refractivity contribution in [1.29, 1.82) is 0 Å². The zero-order valence-corrected chi connectivity index (χ0v) is 21.8. The number of aryl methyl sites for hydroxylation is 1. The Bertz CT molecular complexity index is 1120. The Balaban J connectivity index is 2.43. The van der Waals surface area contributed by atoms with Crippen LogP contribution in [0.25, 0.3) is 0 Å². The van der Waals surface area contributed by atoms with Gasteiger partial charge in [-0.3, -0.25) is 9.59 Å². The van der Waals surface area contributed by atoms with Gasteiger partial charge < -0.3 is 10.2 Å². The molecule has 0 spiro atoms. The van der Waals surface area contributed by atoms with Crippen molar-refractivity contribution < 1.29 is 22.4 Å². The average Bonchev–Trinajstić information content (AvgIpc) is 2.81. The molecule has 0 heterocycles. The summed E-state index contributed by atoms with van der Waals surface area (Å²) in [6, 6.07) is 12.0. The van der Waals surface area contributed by atoms with Gasteiger partial charge in [-0.25, -0.2) is 8.70 Å². The van der Waals surface area contributed by atoms with Crippen LogP contribution >= 0.6 is 0 Å². The van der Waals surface area contributed by atoms with Gasteiger partial charge in [0.1, 0.15) is 18.4 Å². The summed E-state index contributed by atoms with van der Waals surface area (Å²) >= 11 is 0. The van der Waals surface area contributed by atoms with Gasteiger partial charge in [-0.05, 0) is 38.0 Å². The van der Waals surface area contributed by atoms with Gasteiger partial charge in [0.05, 0.1) is 5.69 Å². The Labute approximate surface area is 207 Å². The summed E-state index contributed by atoms with van der Waals surface area (Å²) in [5, 5.41) is 2.83. The molecule has 192 valence electrons. The molecule has 10 heteroatoms. The van der Waals surface area contributed by atoms with E-state index >= 15 is 0 Å². The maximum atomic E-state index is 14.6. The van der Waals surface area contributed by atoms with E-state index in [4.69, 9.17) is 0 Å². The van der Waals surface area contributed by atoms with Crippen LogP contribution in [0.15, 0.2) is 48.5 Å². The molecule has 0 aliphatic rings. The van der Waals surface area contributed by atoms with Gasteiger partial charge in [0.15, 0.2) is 0 Å². The van der Waals surface area contributed by atoms with Crippen molar-refractivity contribution in [3.63, 3.8) is 0 Å². The van der Waals surface area contributed by atoms with Crippen molar-refractivity contribution in [2.24, 2.45) is 0 Å². The second-order valence-electron chi connectivity index (χ2n) is 8.58. The molecule has 2 rings (SSSR count). The number of nitrogens with zero attached hydrogens (tertiary/aromatic N) is 3. The highest BCUT2D eigenvalue weighted by Gasteiger charge is 2.33. The number of carbonyl (C=O) groups excluding carboxylic acids is 2. The Hall–Kier alpha value is -2.98. The lowest BCUT2D eigenvalue weighted by Gasteiger charge is -2.33. The van der Waals surface area contributed by atoms with E-state index in [1.807, 2.05) is 38.1 Å². The van der Waals surface area contributed by atoms with E-state index < -0.39 is 34.5 Å². The van der Waals surface area contributed by atoms with Crippen molar-refractivity contribution in [2.45, 2.75) is 46.2 Å². The number of para-hydroxylation sites is 1. The molecule has 35 heavy (non-hydrogen) atoms. The largest absolute Gasteiger partial charge is 0.354 e. The van der Waals surface area contributed by atoms with Crippen molar-refractivity contribution in [2.75, 3.05) is 31.5 Å². The first-order chi connectivity index (χ1) is 16.5. The first-order valence-electron chi connectivity index (χ1n) is 11.6. The number of hydrogen-bond donors (Lipinski definition) is 1. The van der Waals surface area contributed by atoms with E-state index in [-0.39, 0.29) is 18.1 Å². The van der Waals surface area contributed by atoms with Crippen LogP contribution in [0, 0.1) is 12.7 Å². The highest BCUT2D eigenvalue weighted by molar-refractivity contribution is 7.90. The normalized spacial score (nSPS) is 12.3. The monoisotopic (exact) mass is 506 g/mol. The first kappa shape index (κ1) is 28.3. The Kier molecular flexibility index (Phi) is 10.2. The van der Waals surface area contributed by atoms with E-state index in [1.165, 1.54) is 37.2 Å². The Morgan fingerprint density at radius 3 is 2.37 bits per heavy atom. The summed E-state index contributed by atoms with van der Waals surface area (Å²) in [5.74, 6) is -1.74. The predicted molar refractivity (Wildman–Crippen MR) is 135 cm³/mol. The van der Waals surface area contributed by atoms with Crippen LogP contribution in [0.3, 0.4) is 0 Å². The van der Waals surface area contributed by atoms with E-state index in [1.54, 1.807) is 6.92 Å². The standard InChI is InChI=1S/C25H35FN4O4S/c1-6-7-15-27-25(32)20(3)29(17-21-12-10-11-19(2)16-21)24(31)18-30(35(33,34)28(4)5)23-14-9-8-13-22(23)26/h8-14,16,20H,6-7,15,17-18H2,1-5H3,(H,27,32)/t20-/m1/s1. The minimum atomic E-state index is -4.21. The summed E-state index contributed by atoms with van der Waals surface area (Å²) < 4.78 is 42.4. The number of halogens is 1. The topological polar surface area (TPSA) is 90.0 Å². The van der Waals surface area contributed by atoms with E-state index in [9.17, 15) is 22.4 Å². The summed E-state index contributed by atoms with van der Waals surface area (Å²) in [7, 11) is -1.59. The van der Waals surface area contributed by atoms with Crippen molar-refractivity contribution >= 4 is 27.7 Å². The van der Waals surface area contributed by atoms with Gasteiger partial charge in [-0.1, -0.05) is 55.3 Å². The lowest BCUT2D eigenvalue weighted by atomic mass is 10.1. The molecule has 0 fully saturated rings. The summed E-state index contributed by atoms with van der Waals surface area (Å²) in [5.41, 5.74) is 1.53. The molecule has 2 aromatic carbocycles. The molecule has 0 bridgehead atoms. The van der Waals surface area contributed by atoms with Crippen LogP contribution in [-0.4, -0.2) is 62.7 Å². The van der Waals surface area contributed by atoms with Gasteiger partial charge in [0.25, 0.3) is 0 Å². The van der Waals surface area contributed by atoms with E-state index in [0.717, 1.165) is 38.6 Å². The molecule has 0 aliphatic heterocycles. The second kappa shape index (κ2) is 12.6. The highest BCUT2D eigenvalue weighted by atomic mass is 32.2. The fourth-order valence-corrected chi connectivity index (χ4v) is 4.55. The van der Waals surface area contributed by atoms with Crippen molar-refractivity contribution in [3.05, 3.63) is 65.5 Å². The van der Waals surface area contributed by atoms with Crippen LogP contribution in [0.2, 0.25) is 0 Å². The summed E-state index contributed by atoms with van der Waals surface area (Å²) in [6.07, 6.45) is 1.70. The first-order valence-corrected chi connectivity index (χ1v) is 13.0. The van der Waals surface area contributed by atoms with Crippen LogP contribution in [0.4, 0.5) is 10.1 Å². The molecule has 0 saturated heterocycles. The van der Waals surface area contributed by atoms with Gasteiger partial charge >= 0.3 is 10.2 Å². The lowest BCUT2D eigenvalue weighted by molar-refractivity contribution is -0.139. The number of unbranched alkanes of at least 4 members (excludes halogenated alkanes) is 1. The van der Waals surface area contributed by atoms with Crippen molar-refractivity contribution in [1.82, 2.24) is 14.5 Å². The molecular formula is C25H35FN4O4S. The maximum Gasteiger partial charge on any atom is 0.304 e. The molecule has 1 N–H and O–H groups in total. The minimum absolute atomic E-state index is 0.0933. The van der Waals surface area contributed by atoms with Crippen LogP contribution in [-0.2, 0) is 26.3 Å². The molecule has 2 aromatic rings. The molecule has 0 unspecified atom stereocenters. The number of anilines is 1. The quantitative estimate of drug-likeness (QED) is 0.448. The number of benzene rings is 2. The van der Waals surface area contributed by atoms with Gasteiger partial charge in [0.2, 0.25) is 11.8 Å². The maximum absolute atomic E-state index is 14.6. The third-order valence-electron chi connectivity index (χ3n) is 5.57. The zero-order chi connectivity index (χ0) is 26.2. The SMILES string of the molecule is CCCCNC(=O)[C@@H](C)N(Cc1cccc(C)c1)C(=O)CN(c1ccccc1F)S(=O)(=O)N(C)C. The molecule has 0 saturated carbocycles. The highest BCUT2D eigenvalue weighted by Crippen LogP contribution is 2.24. The fourth-order valence-electron chi connectivity index (χ4n) is 3.48. The van der Waals surface area contributed by atoms with Gasteiger partial charge in [0, 0.05) is 27.2 Å². The number of amides is 2. The minimum Gasteiger partial charge on any atom is -0.354 e. The average molecular weight is 507 g/mol. The molecule has 0 aromatic heterocycles. The van der Waals surface area contributed by atoms with Gasteiger partial charge in [-0.2, -0.15) is 12.7 Å². The third-order valence-corrected chi connectivity index (χ3v) is 7.38. The predicted octanol–water partition coefficient (Wildman–Crippen LogP) is 3.08. The second-order valence-corrected chi connectivity index (χ2v) is 10.6. The Morgan fingerprint density at radius 2 is 1.77 bits per heavy atom. The smallest absolute Gasteiger partial charge is 0.304 e. The van der Waals surface area contributed by atoms with Crippen LogP contribution in [0.5, 0.6) is 0 Å². The number of rotatable bonds is 12. The third kappa shape index (κ3) is 7.50. The van der Waals surface area contributed by atoms with Gasteiger partial charge in [-0.15, -0.1) is 0 Å². The van der Waals surface area contributed by atoms with Crippen LogP contribution in [0.1, 0.15) is 37.8 Å². The van der Waals surface area contributed by atoms with E-state index in [0.29, 0.717) is 6.54 Å².